The summed E-state index contributed by atoms with van der Waals surface area (Å²) in [6.45, 7) is 2.28. The molecule has 0 bridgehead atoms. The Hall–Kier alpha value is -0.860. The van der Waals surface area contributed by atoms with E-state index in [1.54, 1.807) is 0 Å². The minimum Gasteiger partial charge on any atom is -0.392 e. The van der Waals surface area contributed by atoms with Crippen LogP contribution >= 0.6 is 0 Å². The molecule has 0 saturated carbocycles. The number of aliphatic hydroxyl groups excluding tert-OH is 1. The van der Waals surface area contributed by atoms with Gasteiger partial charge in [-0.25, -0.2) is 0 Å². The molecule has 3 N–H and O–H groups in total. The van der Waals surface area contributed by atoms with Gasteiger partial charge in [0.25, 0.3) is 0 Å². The molecule has 0 saturated heterocycles. The van der Waals surface area contributed by atoms with Gasteiger partial charge in [-0.05, 0) is 18.4 Å². The van der Waals surface area contributed by atoms with Gasteiger partial charge in [-0.1, -0.05) is 121 Å². The predicted molar refractivity (Wildman–Crippen MR) is 114 cm³/mol. The molecule has 0 heterocycles. The second-order valence-corrected chi connectivity index (χ2v) is 7.95. The molecule has 0 radical (unpaired) electrons. The van der Waals surface area contributed by atoms with Gasteiger partial charge in [0.15, 0.2) is 0 Å². The first kappa shape index (κ1) is 23.2. The lowest BCUT2D eigenvalue weighted by Gasteiger charge is -2.18. The summed E-state index contributed by atoms with van der Waals surface area (Å²) in [6.07, 6.45) is 18.9. The lowest BCUT2D eigenvalue weighted by molar-refractivity contribution is 0.131. The molecule has 1 rings (SSSR count). The first-order valence-corrected chi connectivity index (χ1v) is 11.2. The van der Waals surface area contributed by atoms with Gasteiger partial charge in [-0.3, -0.25) is 0 Å². The van der Waals surface area contributed by atoms with Crippen LogP contribution in [0, 0.1) is 0 Å². The lowest BCUT2D eigenvalue weighted by Crippen LogP contribution is -2.36. The van der Waals surface area contributed by atoms with E-state index in [9.17, 15) is 5.11 Å². The predicted octanol–water partition coefficient (Wildman–Crippen LogP) is 6.40. The molecule has 2 heteroatoms. The smallest absolute Gasteiger partial charge is 0.0694 e. The highest BCUT2D eigenvalue weighted by Gasteiger charge is 2.14. The second kappa shape index (κ2) is 16.3. The number of benzene rings is 1. The fourth-order valence-electron chi connectivity index (χ4n) is 3.61. The van der Waals surface area contributed by atoms with Gasteiger partial charge >= 0.3 is 0 Å². The quantitative estimate of drug-likeness (QED) is 0.315. The van der Waals surface area contributed by atoms with Gasteiger partial charge in [0.2, 0.25) is 0 Å². The molecule has 0 unspecified atom stereocenters. The first-order valence-electron chi connectivity index (χ1n) is 11.2. The van der Waals surface area contributed by atoms with Crippen molar-refractivity contribution in [1.29, 1.82) is 0 Å². The third kappa shape index (κ3) is 12.5. The molecular formula is C24H43NO. The fourth-order valence-corrected chi connectivity index (χ4v) is 3.61. The van der Waals surface area contributed by atoms with Crippen LogP contribution in [0.25, 0.3) is 0 Å². The second-order valence-electron chi connectivity index (χ2n) is 7.95. The molecule has 0 aliphatic heterocycles. The van der Waals surface area contributed by atoms with Crippen LogP contribution in [0.2, 0.25) is 0 Å². The van der Waals surface area contributed by atoms with E-state index in [0.29, 0.717) is 0 Å². The Morgan fingerprint density at radius 2 is 1.19 bits per heavy atom. The van der Waals surface area contributed by atoms with Crippen LogP contribution in [-0.4, -0.2) is 17.3 Å². The average Bonchev–Trinajstić information content (AvgIpc) is 2.66. The third-order valence-corrected chi connectivity index (χ3v) is 5.41. The number of hydrogen-bond acceptors (Lipinski definition) is 2. The maximum atomic E-state index is 10.2. The van der Waals surface area contributed by atoms with Gasteiger partial charge in [0, 0.05) is 6.04 Å². The van der Waals surface area contributed by atoms with Crippen molar-refractivity contribution < 1.29 is 5.11 Å². The van der Waals surface area contributed by atoms with Crippen molar-refractivity contribution in [2.45, 2.75) is 115 Å². The minimum absolute atomic E-state index is 0.144. The fraction of sp³-hybridized carbons (Fsp3) is 0.750. The Morgan fingerprint density at radius 1 is 0.731 bits per heavy atom. The van der Waals surface area contributed by atoms with Crippen LogP contribution in [0.15, 0.2) is 30.3 Å². The van der Waals surface area contributed by atoms with Gasteiger partial charge < -0.3 is 10.8 Å². The zero-order valence-corrected chi connectivity index (χ0v) is 17.2. The van der Waals surface area contributed by atoms with Crippen molar-refractivity contribution >= 4 is 0 Å². The van der Waals surface area contributed by atoms with Crippen LogP contribution < -0.4 is 5.73 Å². The Balaban J connectivity index is 1.87. The highest BCUT2D eigenvalue weighted by molar-refractivity contribution is 5.16. The number of nitrogens with two attached hydrogens (primary N) is 1. The molecule has 0 aromatic heterocycles. The van der Waals surface area contributed by atoms with E-state index in [2.05, 4.69) is 19.1 Å². The van der Waals surface area contributed by atoms with Gasteiger partial charge in [0.05, 0.1) is 6.10 Å². The highest BCUT2D eigenvalue weighted by Crippen LogP contribution is 2.14. The molecule has 150 valence electrons. The number of aliphatic hydroxyl groups is 1. The zero-order chi connectivity index (χ0) is 18.9. The highest BCUT2D eigenvalue weighted by atomic mass is 16.3. The molecule has 2 atom stereocenters. The van der Waals surface area contributed by atoms with E-state index in [1.165, 1.54) is 82.6 Å². The zero-order valence-electron chi connectivity index (χ0n) is 17.2. The van der Waals surface area contributed by atoms with Crippen LogP contribution in [0.3, 0.4) is 0 Å². The van der Waals surface area contributed by atoms with E-state index in [1.807, 2.05) is 18.2 Å². The third-order valence-electron chi connectivity index (χ3n) is 5.41. The summed E-state index contributed by atoms with van der Waals surface area (Å²) in [5, 5.41) is 10.2. The monoisotopic (exact) mass is 361 g/mol. The van der Waals surface area contributed by atoms with Crippen molar-refractivity contribution in [2.24, 2.45) is 5.73 Å². The summed E-state index contributed by atoms with van der Waals surface area (Å²) < 4.78 is 0. The molecule has 1 aromatic carbocycles. The van der Waals surface area contributed by atoms with Crippen molar-refractivity contribution in [3.8, 4) is 0 Å². The summed E-state index contributed by atoms with van der Waals surface area (Å²) in [4.78, 5) is 0. The van der Waals surface area contributed by atoms with Crippen LogP contribution in [0.4, 0.5) is 0 Å². The van der Waals surface area contributed by atoms with Crippen LogP contribution in [-0.2, 0) is 6.42 Å². The summed E-state index contributed by atoms with van der Waals surface area (Å²) in [5.74, 6) is 0. The maximum Gasteiger partial charge on any atom is 0.0694 e. The van der Waals surface area contributed by atoms with Gasteiger partial charge in [-0.15, -0.1) is 0 Å². The molecular weight excluding hydrogens is 318 g/mol. The molecule has 0 amide bonds. The van der Waals surface area contributed by atoms with Gasteiger partial charge in [-0.2, -0.15) is 0 Å². The molecule has 1 aromatic rings. The van der Waals surface area contributed by atoms with Crippen molar-refractivity contribution in [1.82, 2.24) is 0 Å². The van der Waals surface area contributed by atoms with E-state index in [4.69, 9.17) is 5.73 Å². The Labute approximate surface area is 162 Å². The van der Waals surface area contributed by atoms with Crippen LogP contribution in [0.5, 0.6) is 0 Å². The maximum absolute atomic E-state index is 10.2. The summed E-state index contributed by atoms with van der Waals surface area (Å²) >= 11 is 0. The Morgan fingerprint density at radius 3 is 1.69 bits per heavy atom. The Kier molecular flexibility index (Phi) is 14.6. The normalized spacial score (nSPS) is 13.7. The van der Waals surface area contributed by atoms with Gasteiger partial charge in [0.1, 0.15) is 0 Å². The molecule has 0 spiro atoms. The largest absolute Gasteiger partial charge is 0.392 e. The minimum atomic E-state index is -0.372. The van der Waals surface area contributed by atoms with E-state index in [-0.39, 0.29) is 12.1 Å². The summed E-state index contributed by atoms with van der Waals surface area (Å²) in [6, 6.07) is 10.1. The topological polar surface area (TPSA) is 46.2 Å². The standard InChI is InChI=1S/C24H43NO/c1-2-3-4-5-6-7-8-9-10-11-12-13-17-20-24(26)23(25)21-22-18-15-14-16-19-22/h14-16,18-19,23-24,26H,2-13,17,20-21,25H2,1H3/t23-,24+/m0/s1. The lowest BCUT2D eigenvalue weighted by atomic mass is 9.97. The Bertz CT molecular complexity index is 406. The molecule has 26 heavy (non-hydrogen) atoms. The number of unbranched alkanes of at least 4 members (excludes halogenated alkanes) is 12. The van der Waals surface area contributed by atoms with E-state index < -0.39 is 0 Å². The van der Waals surface area contributed by atoms with E-state index >= 15 is 0 Å². The first-order chi connectivity index (χ1) is 12.7. The van der Waals surface area contributed by atoms with E-state index in [0.717, 1.165) is 19.3 Å². The summed E-state index contributed by atoms with van der Waals surface area (Å²) in [5.41, 5.74) is 7.36. The number of hydrogen-bond donors (Lipinski definition) is 2. The average molecular weight is 362 g/mol. The molecule has 0 aliphatic rings. The van der Waals surface area contributed by atoms with Crippen LogP contribution in [0.1, 0.15) is 102 Å². The summed E-state index contributed by atoms with van der Waals surface area (Å²) in [7, 11) is 0. The van der Waals surface area contributed by atoms with Crippen molar-refractivity contribution in [3.63, 3.8) is 0 Å². The SMILES string of the molecule is CCCCCCCCCCCCCCC[C@@H](O)[C@@H](N)Cc1ccccc1. The van der Waals surface area contributed by atoms with Crippen molar-refractivity contribution in [3.05, 3.63) is 35.9 Å². The molecule has 2 nitrogen and oxygen atoms in total. The molecule has 0 aliphatic carbocycles. The number of rotatable bonds is 17. The van der Waals surface area contributed by atoms with Crippen molar-refractivity contribution in [2.75, 3.05) is 0 Å². The molecule has 0 fully saturated rings.